The zero-order chi connectivity index (χ0) is 13.8. The van der Waals surface area contributed by atoms with Crippen molar-refractivity contribution in [3.05, 3.63) is 46.8 Å². The Morgan fingerprint density at radius 2 is 1.74 bits per heavy atom. The quantitative estimate of drug-likeness (QED) is 0.501. The van der Waals surface area contributed by atoms with Gasteiger partial charge in [0.15, 0.2) is 0 Å². The summed E-state index contributed by atoms with van der Waals surface area (Å²) in [5.74, 6) is 2.70. The lowest BCUT2D eigenvalue weighted by molar-refractivity contribution is 0.482. The van der Waals surface area contributed by atoms with Crippen molar-refractivity contribution >= 4 is 0 Å². The number of benzene rings is 1. The van der Waals surface area contributed by atoms with Crippen LogP contribution >= 0.6 is 0 Å². The molecule has 0 amide bonds. The Morgan fingerprint density at radius 3 is 2.37 bits per heavy atom. The van der Waals surface area contributed by atoms with Crippen molar-refractivity contribution in [2.45, 2.75) is 38.1 Å². The largest absolute Gasteiger partial charge is 0.271 e. The van der Waals surface area contributed by atoms with Crippen LogP contribution in [0.1, 0.15) is 43.7 Å². The van der Waals surface area contributed by atoms with Gasteiger partial charge in [-0.3, -0.25) is 5.84 Å². The number of hydrogen-bond donors (Lipinski definition) is 2. The van der Waals surface area contributed by atoms with Crippen molar-refractivity contribution in [1.82, 2.24) is 5.43 Å². The Balaban J connectivity index is 2.39. The van der Waals surface area contributed by atoms with E-state index in [4.69, 9.17) is 5.84 Å². The zero-order valence-electron chi connectivity index (χ0n) is 10.6. The molecule has 0 fully saturated rings. The number of nitrogens with one attached hydrogen (secondary N) is 1. The molecule has 3 N–H and O–H groups in total. The summed E-state index contributed by atoms with van der Waals surface area (Å²) in [5, 5.41) is 0. The molecular formula is C14H17F3N2. The fourth-order valence-electron chi connectivity index (χ4n) is 2.51. The van der Waals surface area contributed by atoms with Crippen LogP contribution in [0.5, 0.6) is 0 Å². The minimum Gasteiger partial charge on any atom is -0.271 e. The Hall–Kier alpha value is -1.33. The SMILES string of the molecule is NNC(C1=CCCCCC1)c1c(F)cc(F)cc1F. The summed E-state index contributed by atoms with van der Waals surface area (Å²) >= 11 is 0. The Kier molecular flexibility index (Phi) is 4.61. The van der Waals surface area contributed by atoms with E-state index in [1.165, 1.54) is 0 Å². The summed E-state index contributed by atoms with van der Waals surface area (Å²) in [5.41, 5.74) is 3.10. The van der Waals surface area contributed by atoms with Gasteiger partial charge in [0.05, 0.1) is 6.04 Å². The molecular weight excluding hydrogens is 253 g/mol. The van der Waals surface area contributed by atoms with Gasteiger partial charge in [-0.2, -0.15) is 0 Å². The third-order valence-electron chi connectivity index (χ3n) is 3.45. The Morgan fingerprint density at radius 1 is 1.05 bits per heavy atom. The minimum absolute atomic E-state index is 0.211. The van der Waals surface area contributed by atoms with E-state index in [1.54, 1.807) is 0 Å². The third-order valence-corrected chi connectivity index (χ3v) is 3.45. The monoisotopic (exact) mass is 270 g/mol. The lowest BCUT2D eigenvalue weighted by Crippen LogP contribution is -2.31. The first-order valence-electron chi connectivity index (χ1n) is 6.43. The van der Waals surface area contributed by atoms with Crippen LogP contribution in [-0.4, -0.2) is 0 Å². The molecule has 1 aliphatic carbocycles. The van der Waals surface area contributed by atoms with E-state index in [-0.39, 0.29) is 5.56 Å². The number of hydrazine groups is 1. The summed E-state index contributed by atoms with van der Waals surface area (Å²) < 4.78 is 40.5. The van der Waals surface area contributed by atoms with Crippen molar-refractivity contribution in [3.63, 3.8) is 0 Å². The molecule has 0 bridgehead atoms. The van der Waals surface area contributed by atoms with E-state index in [1.807, 2.05) is 6.08 Å². The lowest BCUT2D eigenvalue weighted by Gasteiger charge is -2.21. The molecule has 1 aliphatic rings. The molecule has 1 atom stereocenters. The van der Waals surface area contributed by atoms with Crippen LogP contribution in [0.3, 0.4) is 0 Å². The molecule has 0 saturated heterocycles. The minimum atomic E-state index is -0.927. The first-order valence-corrected chi connectivity index (χ1v) is 6.43. The zero-order valence-corrected chi connectivity index (χ0v) is 10.6. The smallest absolute Gasteiger partial charge is 0.134 e. The van der Waals surface area contributed by atoms with E-state index >= 15 is 0 Å². The Bertz CT molecular complexity index is 463. The highest BCUT2D eigenvalue weighted by Crippen LogP contribution is 2.32. The second-order valence-corrected chi connectivity index (χ2v) is 4.76. The van der Waals surface area contributed by atoms with E-state index in [2.05, 4.69) is 5.43 Å². The number of nitrogens with two attached hydrogens (primary N) is 1. The highest BCUT2D eigenvalue weighted by atomic mass is 19.1. The van der Waals surface area contributed by atoms with Crippen LogP contribution in [0.15, 0.2) is 23.8 Å². The van der Waals surface area contributed by atoms with Crippen LogP contribution < -0.4 is 11.3 Å². The van der Waals surface area contributed by atoms with Gasteiger partial charge in [-0.05, 0) is 25.7 Å². The van der Waals surface area contributed by atoms with Gasteiger partial charge in [0.1, 0.15) is 17.5 Å². The Labute approximate surface area is 110 Å². The van der Waals surface area contributed by atoms with Gasteiger partial charge in [0, 0.05) is 17.7 Å². The maximum absolute atomic E-state index is 13.8. The second kappa shape index (κ2) is 6.21. The molecule has 0 radical (unpaired) electrons. The summed E-state index contributed by atoms with van der Waals surface area (Å²) in [7, 11) is 0. The van der Waals surface area contributed by atoms with Gasteiger partial charge in [-0.25, -0.2) is 18.6 Å². The summed E-state index contributed by atoms with van der Waals surface area (Å²) in [6.07, 6.45) is 6.71. The van der Waals surface area contributed by atoms with Gasteiger partial charge in [0.25, 0.3) is 0 Å². The number of allylic oxidation sites excluding steroid dienone is 1. The van der Waals surface area contributed by atoms with Crippen molar-refractivity contribution in [3.8, 4) is 0 Å². The maximum atomic E-state index is 13.8. The van der Waals surface area contributed by atoms with E-state index in [9.17, 15) is 13.2 Å². The molecule has 1 aromatic carbocycles. The molecule has 0 spiro atoms. The fourth-order valence-corrected chi connectivity index (χ4v) is 2.51. The van der Waals surface area contributed by atoms with Crippen LogP contribution in [0, 0.1) is 17.5 Å². The first kappa shape index (κ1) is 14.1. The topological polar surface area (TPSA) is 38.0 Å². The average molecular weight is 270 g/mol. The van der Waals surface area contributed by atoms with Crippen molar-refractivity contribution in [2.24, 2.45) is 5.84 Å². The molecule has 0 aromatic heterocycles. The van der Waals surface area contributed by atoms with Gasteiger partial charge in [-0.1, -0.05) is 18.1 Å². The van der Waals surface area contributed by atoms with Crippen LogP contribution in [0.2, 0.25) is 0 Å². The molecule has 2 nitrogen and oxygen atoms in total. The van der Waals surface area contributed by atoms with E-state index in [0.717, 1.165) is 37.7 Å². The lowest BCUT2D eigenvalue weighted by atomic mass is 9.94. The molecule has 0 heterocycles. The summed E-state index contributed by atoms with van der Waals surface area (Å²) in [6, 6.07) is 0.624. The summed E-state index contributed by atoms with van der Waals surface area (Å²) in [6.45, 7) is 0. The van der Waals surface area contributed by atoms with Gasteiger partial charge in [0.2, 0.25) is 0 Å². The first-order chi connectivity index (χ1) is 9.13. The normalized spacial score (nSPS) is 17.8. The fraction of sp³-hybridized carbons (Fsp3) is 0.429. The molecule has 104 valence electrons. The predicted octanol–water partition coefficient (Wildman–Crippen LogP) is 3.50. The molecule has 2 rings (SSSR count). The predicted molar refractivity (Wildman–Crippen MR) is 67.5 cm³/mol. The number of hydrogen-bond acceptors (Lipinski definition) is 2. The van der Waals surface area contributed by atoms with Gasteiger partial charge in [-0.15, -0.1) is 0 Å². The molecule has 5 heteroatoms. The highest BCUT2D eigenvalue weighted by Gasteiger charge is 2.24. The molecule has 0 saturated carbocycles. The van der Waals surface area contributed by atoms with Crippen LogP contribution in [-0.2, 0) is 0 Å². The van der Waals surface area contributed by atoms with Gasteiger partial charge >= 0.3 is 0 Å². The van der Waals surface area contributed by atoms with E-state index in [0.29, 0.717) is 12.1 Å². The molecule has 19 heavy (non-hydrogen) atoms. The van der Waals surface area contributed by atoms with Crippen molar-refractivity contribution in [1.29, 1.82) is 0 Å². The molecule has 1 unspecified atom stereocenters. The van der Waals surface area contributed by atoms with Crippen LogP contribution in [0.25, 0.3) is 0 Å². The number of halogens is 3. The third kappa shape index (κ3) is 3.16. The maximum Gasteiger partial charge on any atom is 0.134 e. The standard InChI is InChI=1S/C14H17F3N2/c15-10-7-11(16)13(12(17)8-10)14(19-18)9-5-3-1-2-4-6-9/h5,7-8,14,19H,1-4,6,18H2. The van der Waals surface area contributed by atoms with Gasteiger partial charge < -0.3 is 0 Å². The number of rotatable bonds is 3. The van der Waals surface area contributed by atoms with Crippen molar-refractivity contribution in [2.75, 3.05) is 0 Å². The average Bonchev–Trinajstić information content (AvgIpc) is 2.62. The van der Waals surface area contributed by atoms with Crippen LogP contribution in [0.4, 0.5) is 13.2 Å². The molecule has 1 aromatic rings. The summed E-state index contributed by atoms with van der Waals surface area (Å²) in [4.78, 5) is 0. The van der Waals surface area contributed by atoms with Crippen molar-refractivity contribution < 1.29 is 13.2 Å². The second-order valence-electron chi connectivity index (χ2n) is 4.76. The molecule has 0 aliphatic heterocycles. The van der Waals surface area contributed by atoms with E-state index < -0.39 is 23.5 Å². The highest BCUT2D eigenvalue weighted by molar-refractivity contribution is 5.31.